The molecule has 0 saturated heterocycles. The van der Waals surface area contributed by atoms with E-state index in [-0.39, 0.29) is 11.6 Å². The zero-order chi connectivity index (χ0) is 22.1. The molecule has 2 amide bonds. The van der Waals surface area contributed by atoms with E-state index in [0.717, 1.165) is 16.9 Å². The number of nitrogens with zero attached hydrogens (tertiary/aromatic N) is 2. The molecule has 0 aliphatic carbocycles. The fourth-order valence-electron chi connectivity index (χ4n) is 3.52. The number of amides is 2. The summed E-state index contributed by atoms with van der Waals surface area (Å²) in [5.74, 6) is -0.762. The fourth-order valence-corrected chi connectivity index (χ4v) is 3.64. The summed E-state index contributed by atoms with van der Waals surface area (Å²) in [6.07, 6.45) is 0. The molecular weight excluding hydrogens is 410 g/mol. The summed E-state index contributed by atoms with van der Waals surface area (Å²) in [4.78, 5) is 30.0. The highest BCUT2D eigenvalue weighted by atomic mass is 35.5. The van der Waals surface area contributed by atoms with Crippen LogP contribution in [-0.4, -0.2) is 25.9 Å². The molecule has 6 heteroatoms. The molecule has 0 bridgehead atoms. The second-order valence-electron chi connectivity index (χ2n) is 7.61. The van der Waals surface area contributed by atoms with Crippen LogP contribution in [0.3, 0.4) is 0 Å². The summed E-state index contributed by atoms with van der Waals surface area (Å²) >= 11 is 6.03. The molecule has 0 atom stereocenters. The van der Waals surface area contributed by atoms with E-state index in [1.54, 1.807) is 30.3 Å². The highest BCUT2D eigenvalue weighted by Gasteiger charge is 2.40. The van der Waals surface area contributed by atoms with Gasteiger partial charge in [0.05, 0.1) is 11.3 Å². The molecular formula is C25H22ClN3O2. The number of hydrogen-bond donors (Lipinski definition) is 1. The van der Waals surface area contributed by atoms with E-state index in [1.165, 1.54) is 4.90 Å². The third kappa shape index (κ3) is 4.05. The van der Waals surface area contributed by atoms with E-state index in [2.05, 4.69) is 5.32 Å². The van der Waals surface area contributed by atoms with E-state index in [0.29, 0.717) is 21.8 Å². The molecule has 0 fully saturated rings. The van der Waals surface area contributed by atoms with Gasteiger partial charge < -0.3 is 10.2 Å². The van der Waals surface area contributed by atoms with Crippen molar-refractivity contribution in [2.75, 3.05) is 29.2 Å². The molecule has 0 radical (unpaired) electrons. The Balaban J connectivity index is 1.78. The normalized spacial score (nSPS) is 13.7. The SMILES string of the molecule is Cc1cccc(N2C(=O)C(Nc3ccc(N(C)C)cc3)=C(c3ccc(Cl)cc3)C2=O)c1. The van der Waals surface area contributed by atoms with Crippen LogP contribution >= 0.6 is 11.6 Å². The monoisotopic (exact) mass is 431 g/mol. The van der Waals surface area contributed by atoms with Crippen LogP contribution in [0.2, 0.25) is 5.02 Å². The molecule has 0 aromatic heterocycles. The van der Waals surface area contributed by atoms with Crippen molar-refractivity contribution in [3.63, 3.8) is 0 Å². The van der Waals surface area contributed by atoms with Crippen LogP contribution in [-0.2, 0) is 9.59 Å². The molecule has 3 aromatic rings. The lowest BCUT2D eigenvalue weighted by molar-refractivity contribution is -0.120. The number of aryl methyl sites for hydroxylation is 1. The number of benzene rings is 3. The summed E-state index contributed by atoms with van der Waals surface area (Å²) in [5, 5.41) is 3.74. The average molecular weight is 432 g/mol. The van der Waals surface area contributed by atoms with Crippen molar-refractivity contribution in [1.82, 2.24) is 0 Å². The highest BCUT2D eigenvalue weighted by molar-refractivity contribution is 6.46. The Morgan fingerprint density at radius 1 is 0.871 bits per heavy atom. The number of rotatable bonds is 5. The Labute approximate surface area is 186 Å². The first-order valence-corrected chi connectivity index (χ1v) is 10.2. The van der Waals surface area contributed by atoms with Crippen LogP contribution in [0.1, 0.15) is 11.1 Å². The summed E-state index contributed by atoms with van der Waals surface area (Å²) < 4.78 is 0. The second-order valence-corrected chi connectivity index (χ2v) is 8.04. The van der Waals surface area contributed by atoms with E-state index < -0.39 is 5.91 Å². The van der Waals surface area contributed by atoms with Gasteiger partial charge in [0, 0.05) is 30.5 Å². The molecule has 1 aliphatic heterocycles. The Kier molecular flexibility index (Phi) is 5.53. The van der Waals surface area contributed by atoms with Crippen molar-refractivity contribution >= 4 is 46.1 Å². The lowest BCUT2D eigenvalue weighted by Crippen LogP contribution is -2.32. The standard InChI is InChI=1S/C25H22ClN3O2/c1-16-5-4-6-21(15-16)29-24(30)22(17-7-9-18(26)10-8-17)23(25(29)31)27-19-11-13-20(14-12-19)28(2)3/h4-15,27H,1-3H3. The molecule has 0 unspecified atom stereocenters. The molecule has 1 heterocycles. The highest BCUT2D eigenvalue weighted by Crippen LogP contribution is 2.34. The zero-order valence-corrected chi connectivity index (χ0v) is 18.3. The molecule has 1 N–H and O–H groups in total. The van der Waals surface area contributed by atoms with E-state index in [1.807, 2.05) is 68.4 Å². The van der Waals surface area contributed by atoms with Gasteiger partial charge >= 0.3 is 0 Å². The van der Waals surface area contributed by atoms with Crippen LogP contribution in [0.4, 0.5) is 17.1 Å². The van der Waals surface area contributed by atoms with Gasteiger partial charge in [-0.1, -0.05) is 35.9 Å². The van der Waals surface area contributed by atoms with Gasteiger partial charge in [-0.25, -0.2) is 4.90 Å². The summed E-state index contributed by atoms with van der Waals surface area (Å²) in [6, 6.07) is 21.9. The lowest BCUT2D eigenvalue weighted by Gasteiger charge is -2.16. The van der Waals surface area contributed by atoms with Crippen LogP contribution in [0, 0.1) is 6.92 Å². The van der Waals surface area contributed by atoms with Crippen LogP contribution < -0.4 is 15.1 Å². The van der Waals surface area contributed by atoms with Gasteiger partial charge in [0.1, 0.15) is 5.70 Å². The summed E-state index contributed by atoms with van der Waals surface area (Å²) in [5.41, 5.74) is 4.46. The largest absolute Gasteiger partial charge is 0.378 e. The Hall–Kier alpha value is -3.57. The first kappa shape index (κ1) is 20.7. The number of carbonyl (C=O) groups is 2. The van der Waals surface area contributed by atoms with Gasteiger partial charge in [0.15, 0.2) is 0 Å². The molecule has 4 rings (SSSR count). The third-order valence-corrected chi connectivity index (χ3v) is 5.38. The quantitative estimate of drug-likeness (QED) is 0.570. The maximum absolute atomic E-state index is 13.4. The minimum absolute atomic E-state index is 0.242. The van der Waals surface area contributed by atoms with Gasteiger partial charge in [-0.3, -0.25) is 9.59 Å². The maximum atomic E-state index is 13.4. The number of anilines is 3. The number of imide groups is 1. The van der Waals surface area contributed by atoms with Crippen molar-refractivity contribution in [2.45, 2.75) is 6.92 Å². The Bertz CT molecular complexity index is 1180. The first-order chi connectivity index (χ1) is 14.8. The van der Waals surface area contributed by atoms with Gasteiger partial charge in [-0.05, 0) is 66.6 Å². The van der Waals surface area contributed by atoms with Crippen molar-refractivity contribution in [3.05, 3.63) is 94.6 Å². The maximum Gasteiger partial charge on any atom is 0.282 e. The van der Waals surface area contributed by atoms with Crippen molar-refractivity contribution in [1.29, 1.82) is 0 Å². The summed E-state index contributed by atoms with van der Waals surface area (Å²) in [6.45, 7) is 1.92. The minimum atomic E-state index is -0.391. The van der Waals surface area contributed by atoms with Gasteiger partial charge in [0.25, 0.3) is 11.8 Å². The second kappa shape index (κ2) is 8.28. The average Bonchev–Trinajstić information content (AvgIpc) is 2.98. The van der Waals surface area contributed by atoms with Crippen LogP contribution in [0.15, 0.2) is 78.5 Å². The zero-order valence-electron chi connectivity index (χ0n) is 17.5. The fraction of sp³-hybridized carbons (Fsp3) is 0.120. The number of halogens is 1. The molecule has 1 aliphatic rings. The molecule has 31 heavy (non-hydrogen) atoms. The van der Waals surface area contributed by atoms with Gasteiger partial charge in [-0.2, -0.15) is 0 Å². The van der Waals surface area contributed by atoms with Crippen molar-refractivity contribution in [3.8, 4) is 0 Å². The molecule has 0 spiro atoms. The minimum Gasteiger partial charge on any atom is -0.378 e. The number of nitrogens with one attached hydrogen (secondary N) is 1. The first-order valence-electron chi connectivity index (χ1n) is 9.85. The topological polar surface area (TPSA) is 52.7 Å². The molecule has 5 nitrogen and oxygen atoms in total. The predicted molar refractivity (Wildman–Crippen MR) is 126 cm³/mol. The van der Waals surface area contributed by atoms with E-state index >= 15 is 0 Å². The molecule has 3 aromatic carbocycles. The molecule has 156 valence electrons. The molecule has 0 saturated carbocycles. The third-order valence-electron chi connectivity index (χ3n) is 5.13. The Morgan fingerprint density at radius 2 is 1.55 bits per heavy atom. The van der Waals surface area contributed by atoms with E-state index in [9.17, 15) is 9.59 Å². The summed E-state index contributed by atoms with van der Waals surface area (Å²) in [7, 11) is 3.92. The van der Waals surface area contributed by atoms with Crippen molar-refractivity contribution in [2.24, 2.45) is 0 Å². The number of carbonyl (C=O) groups excluding carboxylic acids is 2. The smallest absolute Gasteiger partial charge is 0.282 e. The van der Waals surface area contributed by atoms with Crippen molar-refractivity contribution < 1.29 is 9.59 Å². The van der Waals surface area contributed by atoms with Crippen LogP contribution in [0.25, 0.3) is 5.57 Å². The number of hydrogen-bond acceptors (Lipinski definition) is 4. The van der Waals surface area contributed by atoms with Crippen LogP contribution in [0.5, 0.6) is 0 Å². The Morgan fingerprint density at radius 3 is 2.16 bits per heavy atom. The van der Waals surface area contributed by atoms with Gasteiger partial charge in [0.2, 0.25) is 0 Å². The van der Waals surface area contributed by atoms with Gasteiger partial charge in [-0.15, -0.1) is 0 Å². The lowest BCUT2D eigenvalue weighted by atomic mass is 10.0. The predicted octanol–water partition coefficient (Wildman–Crippen LogP) is 5.11. The van der Waals surface area contributed by atoms with E-state index in [4.69, 9.17) is 11.6 Å².